The molecule has 2 N–H and O–H groups in total. The molecule has 0 unspecified atom stereocenters. The highest BCUT2D eigenvalue weighted by Crippen LogP contribution is 2.27. The van der Waals surface area contributed by atoms with E-state index in [1.54, 1.807) is 12.1 Å². The number of anilines is 1. The number of hydrogen-bond donors (Lipinski definition) is 2. The first-order chi connectivity index (χ1) is 11.4. The van der Waals surface area contributed by atoms with Crippen LogP contribution in [0.25, 0.3) is 6.08 Å². The lowest BCUT2D eigenvalue weighted by atomic mass is 10.1. The number of hydrogen-bond acceptors (Lipinski definition) is 4. The van der Waals surface area contributed by atoms with Crippen LogP contribution in [-0.4, -0.2) is 18.1 Å². The summed E-state index contributed by atoms with van der Waals surface area (Å²) in [4.78, 5) is 12.4. The number of rotatable bonds is 4. The molecule has 5 nitrogen and oxygen atoms in total. The number of methoxy groups -OCH3 is 1. The molecule has 0 fully saturated rings. The Hall–Kier alpha value is -2.97. The summed E-state index contributed by atoms with van der Waals surface area (Å²) >= 11 is 5.87. The molecule has 0 spiro atoms. The lowest BCUT2D eigenvalue weighted by Crippen LogP contribution is -2.14. The smallest absolute Gasteiger partial charge is 0.266 e. The molecule has 0 heterocycles. The van der Waals surface area contributed by atoms with Crippen molar-refractivity contribution in [3.8, 4) is 17.6 Å². The van der Waals surface area contributed by atoms with Gasteiger partial charge in [0.1, 0.15) is 23.1 Å². The third kappa shape index (κ3) is 4.06. The number of nitrogens with one attached hydrogen (secondary N) is 1. The number of carbonyl (C=O) groups is 1. The molecule has 0 atom stereocenters. The molecule has 6 heteroatoms. The van der Waals surface area contributed by atoms with Crippen LogP contribution < -0.4 is 10.1 Å². The number of aryl methyl sites for hydroxylation is 1. The van der Waals surface area contributed by atoms with Crippen molar-refractivity contribution in [3.63, 3.8) is 0 Å². The molecule has 1 amide bonds. The molecule has 0 aliphatic heterocycles. The van der Waals surface area contributed by atoms with E-state index in [-0.39, 0.29) is 16.9 Å². The Morgan fingerprint density at radius 2 is 2.08 bits per heavy atom. The van der Waals surface area contributed by atoms with E-state index in [0.29, 0.717) is 16.5 Å². The number of phenols is 1. The largest absolute Gasteiger partial charge is 0.507 e. The fraction of sp³-hybridized carbons (Fsp3) is 0.111. The minimum atomic E-state index is -0.610. The van der Waals surface area contributed by atoms with Crippen molar-refractivity contribution in [2.45, 2.75) is 6.92 Å². The highest BCUT2D eigenvalue weighted by Gasteiger charge is 2.13. The van der Waals surface area contributed by atoms with Crippen molar-refractivity contribution < 1.29 is 14.6 Å². The predicted octanol–water partition coefficient (Wildman–Crippen LogP) is 3.91. The first kappa shape index (κ1) is 17.4. The maximum absolute atomic E-state index is 12.4. The molecular weight excluding hydrogens is 328 g/mol. The fourth-order valence-electron chi connectivity index (χ4n) is 2.05. The molecule has 0 aliphatic carbocycles. The van der Waals surface area contributed by atoms with E-state index in [9.17, 15) is 15.2 Å². The molecule has 2 aromatic rings. The Kier molecular flexibility index (Phi) is 5.46. The first-order valence-electron chi connectivity index (χ1n) is 7.01. The summed E-state index contributed by atoms with van der Waals surface area (Å²) in [5, 5.41) is 22.1. The first-order valence-corrected chi connectivity index (χ1v) is 7.38. The van der Waals surface area contributed by atoms with E-state index in [4.69, 9.17) is 16.3 Å². The molecule has 0 bridgehead atoms. The van der Waals surface area contributed by atoms with Gasteiger partial charge in [-0.1, -0.05) is 17.7 Å². The maximum Gasteiger partial charge on any atom is 0.266 e. The topological polar surface area (TPSA) is 82.3 Å². The van der Waals surface area contributed by atoms with Gasteiger partial charge >= 0.3 is 0 Å². The van der Waals surface area contributed by atoms with Crippen molar-refractivity contribution in [2.24, 2.45) is 0 Å². The lowest BCUT2D eigenvalue weighted by molar-refractivity contribution is -0.112. The van der Waals surface area contributed by atoms with E-state index in [2.05, 4.69) is 5.32 Å². The van der Waals surface area contributed by atoms with E-state index in [1.165, 1.54) is 31.4 Å². The number of amides is 1. The number of halogens is 1. The van der Waals surface area contributed by atoms with Crippen molar-refractivity contribution >= 4 is 29.3 Å². The number of aromatic hydroxyl groups is 1. The number of nitriles is 1. The summed E-state index contributed by atoms with van der Waals surface area (Å²) in [6.07, 6.45) is 1.28. The third-order valence-corrected chi connectivity index (χ3v) is 3.49. The Morgan fingerprint density at radius 3 is 2.75 bits per heavy atom. The number of ether oxygens (including phenoxy) is 1. The molecule has 0 aliphatic rings. The van der Waals surface area contributed by atoms with Crippen LogP contribution in [0, 0.1) is 18.3 Å². The second-order valence-corrected chi connectivity index (χ2v) is 5.47. The van der Waals surface area contributed by atoms with Gasteiger partial charge in [0.15, 0.2) is 0 Å². The Labute approximate surface area is 144 Å². The SMILES string of the molecule is COc1ccc(C)cc1NC(=O)/C(C#N)=C/c1cc(Cl)ccc1O. The van der Waals surface area contributed by atoms with E-state index >= 15 is 0 Å². The summed E-state index contributed by atoms with van der Waals surface area (Å²) in [5.41, 5.74) is 1.50. The number of phenolic OH excluding ortho intramolecular Hbond substituents is 1. The predicted molar refractivity (Wildman–Crippen MR) is 93.1 cm³/mol. The number of nitrogens with zero attached hydrogens (tertiary/aromatic N) is 1. The van der Waals surface area contributed by atoms with Gasteiger partial charge in [0, 0.05) is 10.6 Å². The van der Waals surface area contributed by atoms with Gasteiger partial charge in [0.25, 0.3) is 5.91 Å². The summed E-state index contributed by atoms with van der Waals surface area (Å²) in [7, 11) is 1.49. The zero-order chi connectivity index (χ0) is 17.7. The van der Waals surface area contributed by atoms with Gasteiger partial charge < -0.3 is 15.2 Å². The van der Waals surface area contributed by atoms with E-state index in [1.807, 2.05) is 19.1 Å². The van der Waals surface area contributed by atoms with Crippen molar-refractivity contribution in [1.82, 2.24) is 0 Å². The molecule has 0 radical (unpaired) electrons. The second kappa shape index (κ2) is 7.53. The van der Waals surface area contributed by atoms with Gasteiger partial charge in [-0.25, -0.2) is 0 Å². The molecule has 0 aromatic heterocycles. The zero-order valence-corrected chi connectivity index (χ0v) is 13.9. The second-order valence-electron chi connectivity index (χ2n) is 5.03. The van der Waals surface area contributed by atoms with Crippen LogP contribution in [0.15, 0.2) is 42.0 Å². The van der Waals surface area contributed by atoms with Crippen molar-refractivity contribution in [2.75, 3.05) is 12.4 Å². The molecule has 122 valence electrons. The quantitative estimate of drug-likeness (QED) is 0.652. The van der Waals surface area contributed by atoms with Crippen LogP contribution in [0.5, 0.6) is 11.5 Å². The Morgan fingerprint density at radius 1 is 1.33 bits per heavy atom. The third-order valence-electron chi connectivity index (χ3n) is 3.26. The van der Waals surface area contributed by atoms with Crippen molar-refractivity contribution in [3.05, 3.63) is 58.1 Å². The normalized spacial score (nSPS) is 10.8. The molecule has 0 saturated heterocycles. The minimum Gasteiger partial charge on any atom is -0.507 e. The average molecular weight is 343 g/mol. The molecule has 0 saturated carbocycles. The molecular formula is C18H15ClN2O3. The maximum atomic E-state index is 12.4. The van der Waals surface area contributed by atoms with Gasteiger partial charge in [-0.2, -0.15) is 5.26 Å². The van der Waals surface area contributed by atoms with Crippen LogP contribution in [0.1, 0.15) is 11.1 Å². The molecule has 2 rings (SSSR count). The molecule has 24 heavy (non-hydrogen) atoms. The lowest BCUT2D eigenvalue weighted by Gasteiger charge is -2.10. The van der Waals surface area contributed by atoms with Gasteiger partial charge in [-0.15, -0.1) is 0 Å². The number of carbonyl (C=O) groups excluding carboxylic acids is 1. The minimum absolute atomic E-state index is 0.0758. The summed E-state index contributed by atoms with van der Waals surface area (Å²) in [6, 6.07) is 11.5. The van der Waals surface area contributed by atoms with Gasteiger partial charge in [0.2, 0.25) is 0 Å². The van der Waals surface area contributed by atoms with Crippen LogP contribution in [-0.2, 0) is 4.79 Å². The van der Waals surface area contributed by atoms with Crippen LogP contribution >= 0.6 is 11.6 Å². The summed E-state index contributed by atoms with van der Waals surface area (Å²) in [6.45, 7) is 1.88. The summed E-state index contributed by atoms with van der Waals surface area (Å²) < 4.78 is 5.19. The van der Waals surface area contributed by atoms with Crippen LogP contribution in [0.4, 0.5) is 5.69 Å². The molecule has 2 aromatic carbocycles. The van der Waals surface area contributed by atoms with E-state index in [0.717, 1.165) is 5.56 Å². The average Bonchev–Trinajstić information content (AvgIpc) is 2.55. The monoisotopic (exact) mass is 342 g/mol. The highest BCUT2D eigenvalue weighted by molar-refractivity contribution is 6.30. The zero-order valence-electron chi connectivity index (χ0n) is 13.1. The number of benzene rings is 2. The van der Waals surface area contributed by atoms with Crippen LogP contribution in [0.2, 0.25) is 5.02 Å². The van der Waals surface area contributed by atoms with Gasteiger partial charge in [-0.3, -0.25) is 4.79 Å². The van der Waals surface area contributed by atoms with Crippen molar-refractivity contribution in [1.29, 1.82) is 5.26 Å². The Balaban J connectivity index is 2.33. The summed E-state index contributed by atoms with van der Waals surface area (Å²) in [5.74, 6) is -0.203. The Bertz CT molecular complexity index is 854. The standard InChI is InChI=1S/C18H15ClN2O3/c1-11-3-6-17(24-2)15(7-11)21-18(23)13(10-20)8-12-9-14(19)4-5-16(12)22/h3-9,22H,1-2H3,(H,21,23)/b13-8+. The van der Waals surface area contributed by atoms with Gasteiger partial charge in [0.05, 0.1) is 12.8 Å². The highest BCUT2D eigenvalue weighted by atomic mass is 35.5. The van der Waals surface area contributed by atoms with Crippen LogP contribution in [0.3, 0.4) is 0 Å². The fourth-order valence-corrected chi connectivity index (χ4v) is 2.23. The van der Waals surface area contributed by atoms with E-state index < -0.39 is 5.91 Å². The van der Waals surface area contributed by atoms with Gasteiger partial charge in [-0.05, 0) is 48.9 Å².